The fraction of sp³-hybridized carbons (Fsp3) is 0.562. The molecule has 7 nitrogen and oxygen atoms in total. The highest BCUT2D eigenvalue weighted by Crippen LogP contribution is 2.15. The first-order chi connectivity index (χ1) is 11.3. The first-order valence-electron chi connectivity index (χ1n) is 8.02. The topological polar surface area (TPSA) is 81.5 Å². The number of nitriles is 1. The van der Waals surface area contributed by atoms with Crippen molar-refractivity contribution in [3.05, 3.63) is 23.9 Å². The Morgan fingerprint density at radius 1 is 1.43 bits per heavy atom. The molecular formula is C16H21N5O2. The number of piperazine rings is 1. The minimum Gasteiger partial charge on any atom is -0.376 e. The predicted molar refractivity (Wildman–Crippen MR) is 85.1 cm³/mol. The van der Waals surface area contributed by atoms with E-state index in [0.717, 1.165) is 38.4 Å². The third-order valence-corrected chi connectivity index (χ3v) is 4.27. The second kappa shape index (κ2) is 7.29. The van der Waals surface area contributed by atoms with Gasteiger partial charge in [0.15, 0.2) is 0 Å². The highest BCUT2D eigenvalue weighted by atomic mass is 16.5. The van der Waals surface area contributed by atoms with Gasteiger partial charge in [-0.15, -0.1) is 0 Å². The third-order valence-electron chi connectivity index (χ3n) is 4.27. The second-order valence-corrected chi connectivity index (χ2v) is 5.81. The average molecular weight is 315 g/mol. The van der Waals surface area contributed by atoms with Crippen molar-refractivity contribution < 1.29 is 9.53 Å². The number of urea groups is 1. The second-order valence-electron chi connectivity index (χ2n) is 5.81. The zero-order chi connectivity index (χ0) is 16.1. The first kappa shape index (κ1) is 15.6. The van der Waals surface area contributed by atoms with Gasteiger partial charge in [0, 0.05) is 45.5 Å². The van der Waals surface area contributed by atoms with Crippen LogP contribution in [0.15, 0.2) is 18.3 Å². The summed E-state index contributed by atoms with van der Waals surface area (Å²) < 4.78 is 5.51. The molecule has 0 spiro atoms. The summed E-state index contributed by atoms with van der Waals surface area (Å²) in [5, 5.41) is 11.9. The Hall–Kier alpha value is -2.33. The average Bonchev–Trinajstić information content (AvgIpc) is 3.13. The van der Waals surface area contributed by atoms with Gasteiger partial charge < -0.3 is 19.9 Å². The first-order valence-corrected chi connectivity index (χ1v) is 8.02. The molecule has 0 aromatic carbocycles. The monoisotopic (exact) mass is 315 g/mol. The van der Waals surface area contributed by atoms with Crippen LogP contribution in [0.4, 0.5) is 10.6 Å². The Labute approximate surface area is 135 Å². The van der Waals surface area contributed by atoms with Crippen LogP contribution in [0.25, 0.3) is 0 Å². The highest BCUT2D eigenvalue weighted by molar-refractivity contribution is 5.74. The molecule has 2 fully saturated rings. The van der Waals surface area contributed by atoms with Gasteiger partial charge in [0.2, 0.25) is 0 Å². The molecule has 2 saturated heterocycles. The lowest BCUT2D eigenvalue weighted by Crippen LogP contribution is -2.52. The van der Waals surface area contributed by atoms with E-state index in [9.17, 15) is 4.79 Å². The van der Waals surface area contributed by atoms with E-state index in [1.165, 1.54) is 0 Å². The van der Waals surface area contributed by atoms with Gasteiger partial charge in [-0.3, -0.25) is 0 Å². The van der Waals surface area contributed by atoms with E-state index in [0.29, 0.717) is 25.2 Å². The molecule has 0 unspecified atom stereocenters. The summed E-state index contributed by atoms with van der Waals surface area (Å²) in [7, 11) is 0. The maximum atomic E-state index is 12.2. The van der Waals surface area contributed by atoms with Crippen LogP contribution < -0.4 is 10.2 Å². The Morgan fingerprint density at radius 3 is 2.96 bits per heavy atom. The van der Waals surface area contributed by atoms with Crippen molar-refractivity contribution in [1.82, 2.24) is 15.2 Å². The standard InChI is InChI=1S/C16H21N5O2/c17-11-13-3-4-18-15(10-13)20-5-7-21(8-6-20)16(22)19-12-14-2-1-9-23-14/h3-4,10,14H,1-2,5-9,12H2,(H,19,22)/t14-/m1/s1. The third kappa shape index (κ3) is 3.90. The molecule has 7 heteroatoms. The molecule has 2 aliphatic heterocycles. The lowest BCUT2D eigenvalue weighted by Gasteiger charge is -2.35. The van der Waals surface area contributed by atoms with Crippen LogP contribution >= 0.6 is 0 Å². The van der Waals surface area contributed by atoms with Crippen molar-refractivity contribution >= 4 is 11.8 Å². The lowest BCUT2D eigenvalue weighted by atomic mass is 10.2. The van der Waals surface area contributed by atoms with E-state index in [4.69, 9.17) is 10.00 Å². The van der Waals surface area contributed by atoms with Crippen LogP contribution in [0.3, 0.4) is 0 Å². The molecule has 1 aromatic heterocycles. The molecule has 2 aliphatic rings. The maximum Gasteiger partial charge on any atom is 0.317 e. The molecule has 1 aromatic rings. The Morgan fingerprint density at radius 2 is 2.26 bits per heavy atom. The van der Waals surface area contributed by atoms with Crippen molar-refractivity contribution in [2.24, 2.45) is 0 Å². The number of amides is 2. The smallest absolute Gasteiger partial charge is 0.317 e. The molecule has 23 heavy (non-hydrogen) atoms. The zero-order valence-corrected chi connectivity index (χ0v) is 13.1. The molecule has 1 N–H and O–H groups in total. The van der Waals surface area contributed by atoms with Gasteiger partial charge in [-0.05, 0) is 25.0 Å². The van der Waals surface area contributed by atoms with Gasteiger partial charge in [0.1, 0.15) is 5.82 Å². The van der Waals surface area contributed by atoms with Gasteiger partial charge in [0.25, 0.3) is 0 Å². The number of carbonyl (C=O) groups excluding carboxylic acids is 1. The summed E-state index contributed by atoms with van der Waals surface area (Å²) in [5.74, 6) is 0.795. The Balaban J connectivity index is 1.47. The molecule has 0 aliphatic carbocycles. The Kier molecular flexibility index (Phi) is 4.93. The zero-order valence-electron chi connectivity index (χ0n) is 13.1. The normalized spacial score (nSPS) is 21.1. The number of pyridine rings is 1. The van der Waals surface area contributed by atoms with Gasteiger partial charge >= 0.3 is 6.03 Å². The van der Waals surface area contributed by atoms with Crippen molar-refractivity contribution in [2.75, 3.05) is 44.2 Å². The number of nitrogens with zero attached hydrogens (tertiary/aromatic N) is 4. The van der Waals surface area contributed by atoms with E-state index in [2.05, 4.69) is 21.3 Å². The minimum atomic E-state index is -0.0288. The number of anilines is 1. The van der Waals surface area contributed by atoms with Crippen LogP contribution in [0.1, 0.15) is 18.4 Å². The van der Waals surface area contributed by atoms with Crippen LogP contribution in [0.2, 0.25) is 0 Å². The highest BCUT2D eigenvalue weighted by Gasteiger charge is 2.23. The summed E-state index contributed by atoms with van der Waals surface area (Å²) >= 11 is 0. The minimum absolute atomic E-state index is 0.0288. The van der Waals surface area contributed by atoms with E-state index < -0.39 is 0 Å². The number of nitrogens with one attached hydrogen (secondary N) is 1. The number of carbonyl (C=O) groups is 1. The van der Waals surface area contributed by atoms with Crippen LogP contribution in [0, 0.1) is 11.3 Å². The van der Waals surface area contributed by atoms with E-state index in [-0.39, 0.29) is 12.1 Å². The van der Waals surface area contributed by atoms with Crippen molar-refractivity contribution in [3.63, 3.8) is 0 Å². The number of aromatic nitrogens is 1. The molecule has 0 bridgehead atoms. The van der Waals surface area contributed by atoms with Crippen molar-refractivity contribution in [2.45, 2.75) is 18.9 Å². The summed E-state index contributed by atoms with van der Waals surface area (Å²) in [6.45, 7) is 4.12. The molecule has 122 valence electrons. The fourth-order valence-corrected chi connectivity index (χ4v) is 2.92. The van der Waals surface area contributed by atoms with Crippen LogP contribution in [-0.2, 0) is 4.74 Å². The quantitative estimate of drug-likeness (QED) is 0.898. The number of ether oxygens (including phenoxy) is 1. The summed E-state index contributed by atoms with van der Waals surface area (Å²) in [6.07, 6.45) is 3.91. The van der Waals surface area contributed by atoms with Gasteiger partial charge in [0.05, 0.1) is 17.7 Å². The molecule has 3 heterocycles. The number of hydrogen-bond donors (Lipinski definition) is 1. The van der Waals surface area contributed by atoms with Crippen molar-refractivity contribution in [3.8, 4) is 6.07 Å². The molecular weight excluding hydrogens is 294 g/mol. The summed E-state index contributed by atoms with van der Waals surface area (Å²) in [5.41, 5.74) is 0.603. The summed E-state index contributed by atoms with van der Waals surface area (Å²) in [4.78, 5) is 20.4. The molecule has 1 atom stereocenters. The fourth-order valence-electron chi connectivity index (χ4n) is 2.92. The molecule has 3 rings (SSSR count). The van der Waals surface area contributed by atoms with Gasteiger partial charge in [-0.25, -0.2) is 9.78 Å². The number of rotatable bonds is 3. The van der Waals surface area contributed by atoms with E-state index in [1.807, 2.05) is 4.90 Å². The van der Waals surface area contributed by atoms with Gasteiger partial charge in [-0.2, -0.15) is 5.26 Å². The SMILES string of the molecule is N#Cc1ccnc(N2CCN(C(=O)NC[C@H]3CCCO3)CC2)c1. The lowest BCUT2D eigenvalue weighted by molar-refractivity contribution is 0.108. The number of hydrogen-bond acceptors (Lipinski definition) is 5. The van der Waals surface area contributed by atoms with E-state index in [1.54, 1.807) is 18.3 Å². The molecule has 0 radical (unpaired) electrons. The predicted octanol–water partition coefficient (Wildman–Crippen LogP) is 0.964. The van der Waals surface area contributed by atoms with Crippen LogP contribution in [0.5, 0.6) is 0 Å². The van der Waals surface area contributed by atoms with Gasteiger partial charge in [-0.1, -0.05) is 0 Å². The Bertz CT molecular complexity index is 586. The largest absolute Gasteiger partial charge is 0.376 e. The van der Waals surface area contributed by atoms with Crippen LogP contribution in [-0.4, -0.2) is 61.3 Å². The van der Waals surface area contributed by atoms with E-state index >= 15 is 0 Å². The molecule has 2 amide bonds. The molecule has 0 saturated carbocycles. The summed E-state index contributed by atoms with van der Waals surface area (Å²) in [6, 6.07) is 5.57. The maximum absolute atomic E-state index is 12.2. The van der Waals surface area contributed by atoms with Crippen molar-refractivity contribution in [1.29, 1.82) is 5.26 Å².